The standard InChI is InChI=1S/C9H9BClFO4/c1-2-16-9(13)6-3-5(11)4-7(8(6)12)10(14)15/h3-4,14-15H,2H2,1H3. The highest BCUT2D eigenvalue weighted by atomic mass is 35.5. The predicted molar refractivity (Wildman–Crippen MR) is 57.2 cm³/mol. The van der Waals surface area contributed by atoms with Crippen LogP contribution in [0.4, 0.5) is 4.39 Å². The van der Waals surface area contributed by atoms with Crippen LogP contribution in [0.1, 0.15) is 17.3 Å². The molecule has 0 fully saturated rings. The van der Waals surface area contributed by atoms with E-state index in [-0.39, 0.29) is 11.6 Å². The number of carbonyl (C=O) groups excluding carboxylic acids is 1. The molecular formula is C9H9BClFO4. The fraction of sp³-hybridized carbons (Fsp3) is 0.222. The second kappa shape index (κ2) is 5.29. The Balaban J connectivity index is 3.24. The zero-order valence-corrected chi connectivity index (χ0v) is 9.16. The molecule has 0 saturated heterocycles. The van der Waals surface area contributed by atoms with E-state index in [1.807, 2.05) is 0 Å². The minimum absolute atomic E-state index is 0.0209. The van der Waals surface area contributed by atoms with Gasteiger partial charge in [0.1, 0.15) is 5.82 Å². The van der Waals surface area contributed by atoms with Gasteiger partial charge in [-0.05, 0) is 19.1 Å². The molecule has 86 valence electrons. The molecular weight excluding hydrogens is 237 g/mol. The lowest BCUT2D eigenvalue weighted by Gasteiger charge is -2.08. The van der Waals surface area contributed by atoms with E-state index in [0.29, 0.717) is 0 Å². The molecule has 0 aliphatic rings. The second-order valence-corrected chi connectivity index (χ2v) is 3.39. The van der Waals surface area contributed by atoms with Crippen LogP contribution >= 0.6 is 11.6 Å². The molecule has 2 N–H and O–H groups in total. The zero-order valence-electron chi connectivity index (χ0n) is 8.41. The first-order chi connectivity index (χ1) is 7.47. The molecule has 0 saturated carbocycles. The summed E-state index contributed by atoms with van der Waals surface area (Å²) in [5.41, 5.74) is -0.881. The quantitative estimate of drug-likeness (QED) is 0.596. The molecule has 0 radical (unpaired) electrons. The Hall–Kier alpha value is -1.11. The van der Waals surface area contributed by atoms with Crippen LogP contribution in [-0.4, -0.2) is 29.7 Å². The van der Waals surface area contributed by atoms with Gasteiger partial charge in [0, 0.05) is 10.5 Å². The number of rotatable bonds is 3. The minimum Gasteiger partial charge on any atom is -0.462 e. The molecule has 0 aliphatic heterocycles. The highest BCUT2D eigenvalue weighted by Gasteiger charge is 2.23. The maximum Gasteiger partial charge on any atom is 0.491 e. The summed E-state index contributed by atoms with van der Waals surface area (Å²) in [7, 11) is -2.04. The van der Waals surface area contributed by atoms with Crippen molar-refractivity contribution >= 4 is 30.2 Å². The van der Waals surface area contributed by atoms with Crippen LogP contribution in [0.2, 0.25) is 5.02 Å². The van der Waals surface area contributed by atoms with Gasteiger partial charge in [-0.15, -0.1) is 0 Å². The average molecular weight is 246 g/mol. The monoisotopic (exact) mass is 246 g/mol. The highest BCUT2D eigenvalue weighted by Crippen LogP contribution is 2.14. The number of carbonyl (C=O) groups is 1. The maximum atomic E-state index is 13.6. The van der Waals surface area contributed by atoms with Gasteiger partial charge in [-0.1, -0.05) is 11.6 Å². The van der Waals surface area contributed by atoms with E-state index in [2.05, 4.69) is 4.74 Å². The minimum atomic E-state index is -2.04. The predicted octanol–water partition coefficient (Wildman–Crippen LogP) is 0.336. The highest BCUT2D eigenvalue weighted by molar-refractivity contribution is 6.59. The van der Waals surface area contributed by atoms with E-state index in [1.54, 1.807) is 6.92 Å². The Morgan fingerprint density at radius 3 is 2.69 bits per heavy atom. The molecule has 0 unspecified atom stereocenters. The van der Waals surface area contributed by atoms with Gasteiger partial charge in [0.05, 0.1) is 12.2 Å². The van der Waals surface area contributed by atoms with Crippen molar-refractivity contribution < 1.29 is 24.0 Å². The Morgan fingerprint density at radius 2 is 2.19 bits per heavy atom. The van der Waals surface area contributed by atoms with Gasteiger partial charge in [-0.2, -0.15) is 0 Å². The van der Waals surface area contributed by atoms with Gasteiger partial charge in [0.15, 0.2) is 0 Å². The smallest absolute Gasteiger partial charge is 0.462 e. The van der Waals surface area contributed by atoms with Gasteiger partial charge in [-0.3, -0.25) is 0 Å². The summed E-state index contributed by atoms with van der Waals surface area (Å²) in [4.78, 5) is 11.3. The van der Waals surface area contributed by atoms with Crippen LogP contribution in [0.5, 0.6) is 0 Å². The summed E-state index contributed by atoms with van der Waals surface area (Å²) < 4.78 is 18.2. The number of esters is 1. The van der Waals surface area contributed by atoms with Gasteiger partial charge < -0.3 is 14.8 Å². The number of hydrogen-bond acceptors (Lipinski definition) is 4. The van der Waals surface area contributed by atoms with Gasteiger partial charge >= 0.3 is 13.1 Å². The van der Waals surface area contributed by atoms with E-state index >= 15 is 0 Å². The number of hydrogen-bond donors (Lipinski definition) is 2. The lowest BCUT2D eigenvalue weighted by molar-refractivity contribution is 0.0521. The Morgan fingerprint density at radius 1 is 1.56 bits per heavy atom. The van der Waals surface area contributed by atoms with E-state index in [9.17, 15) is 9.18 Å². The topological polar surface area (TPSA) is 66.8 Å². The van der Waals surface area contributed by atoms with Crippen LogP contribution in [0.3, 0.4) is 0 Å². The van der Waals surface area contributed by atoms with Crippen molar-refractivity contribution in [2.75, 3.05) is 6.61 Å². The van der Waals surface area contributed by atoms with Crippen LogP contribution in [0.25, 0.3) is 0 Å². The lowest BCUT2D eigenvalue weighted by atomic mass is 9.79. The summed E-state index contributed by atoms with van der Waals surface area (Å²) in [6.07, 6.45) is 0. The summed E-state index contributed by atoms with van der Waals surface area (Å²) in [6.45, 7) is 1.66. The lowest BCUT2D eigenvalue weighted by Crippen LogP contribution is -2.34. The van der Waals surface area contributed by atoms with E-state index in [0.717, 1.165) is 12.1 Å². The molecule has 7 heteroatoms. The number of benzene rings is 1. The van der Waals surface area contributed by atoms with E-state index < -0.39 is 29.9 Å². The fourth-order valence-electron chi connectivity index (χ4n) is 1.16. The SMILES string of the molecule is CCOC(=O)c1cc(Cl)cc(B(O)O)c1F. The van der Waals surface area contributed by atoms with Crippen LogP contribution in [-0.2, 0) is 4.74 Å². The normalized spacial score (nSPS) is 10.1. The first-order valence-electron chi connectivity index (χ1n) is 4.49. The third-order valence-electron chi connectivity index (χ3n) is 1.84. The molecule has 0 amide bonds. The van der Waals surface area contributed by atoms with Crippen molar-refractivity contribution in [1.82, 2.24) is 0 Å². The number of ether oxygens (including phenoxy) is 1. The largest absolute Gasteiger partial charge is 0.491 e. The van der Waals surface area contributed by atoms with E-state index in [1.165, 1.54) is 0 Å². The Kier molecular flexibility index (Phi) is 4.29. The fourth-order valence-corrected chi connectivity index (χ4v) is 1.38. The zero-order chi connectivity index (χ0) is 12.3. The van der Waals surface area contributed by atoms with Crippen molar-refractivity contribution in [3.63, 3.8) is 0 Å². The molecule has 0 aliphatic carbocycles. The molecule has 0 spiro atoms. The molecule has 1 aromatic carbocycles. The first-order valence-corrected chi connectivity index (χ1v) is 4.87. The first kappa shape index (κ1) is 13.0. The molecule has 0 aromatic heterocycles. The van der Waals surface area contributed by atoms with Crippen LogP contribution in [0, 0.1) is 5.82 Å². The average Bonchev–Trinajstić information content (AvgIpc) is 2.20. The molecule has 4 nitrogen and oxygen atoms in total. The van der Waals surface area contributed by atoms with Crippen molar-refractivity contribution in [2.24, 2.45) is 0 Å². The Labute approximate surface area is 96.8 Å². The summed E-state index contributed by atoms with van der Waals surface area (Å²) in [5, 5.41) is 17.8. The van der Waals surface area contributed by atoms with Gasteiger partial charge in [-0.25, -0.2) is 9.18 Å². The molecule has 1 aromatic rings. The maximum absolute atomic E-state index is 13.6. The molecule has 16 heavy (non-hydrogen) atoms. The molecule has 0 atom stereocenters. The van der Waals surface area contributed by atoms with Crippen LogP contribution < -0.4 is 5.46 Å². The van der Waals surface area contributed by atoms with Crippen molar-refractivity contribution in [2.45, 2.75) is 6.92 Å². The van der Waals surface area contributed by atoms with Crippen molar-refractivity contribution in [3.05, 3.63) is 28.5 Å². The summed E-state index contributed by atoms with van der Waals surface area (Å²) in [5.74, 6) is -1.94. The van der Waals surface area contributed by atoms with Gasteiger partial charge in [0.25, 0.3) is 0 Å². The number of halogens is 2. The third kappa shape index (κ3) is 2.72. The van der Waals surface area contributed by atoms with E-state index in [4.69, 9.17) is 21.6 Å². The van der Waals surface area contributed by atoms with Crippen LogP contribution in [0.15, 0.2) is 12.1 Å². The summed E-state index contributed by atoms with van der Waals surface area (Å²) in [6, 6.07) is 2.10. The van der Waals surface area contributed by atoms with Crippen molar-refractivity contribution in [3.8, 4) is 0 Å². The molecule has 0 bridgehead atoms. The Bertz CT molecular complexity index is 411. The molecule has 1 rings (SSSR count). The third-order valence-corrected chi connectivity index (χ3v) is 2.06. The van der Waals surface area contributed by atoms with Gasteiger partial charge in [0.2, 0.25) is 0 Å². The summed E-state index contributed by atoms with van der Waals surface area (Å²) >= 11 is 5.61. The van der Waals surface area contributed by atoms with Crippen molar-refractivity contribution in [1.29, 1.82) is 0 Å². The molecule has 0 heterocycles. The second-order valence-electron chi connectivity index (χ2n) is 2.95.